The number of unbranched alkanes of at least 4 members (excludes halogenated alkanes) is 1. The topological polar surface area (TPSA) is 99.7 Å². The van der Waals surface area contributed by atoms with Crippen LogP contribution in [0, 0.1) is 5.41 Å². The van der Waals surface area contributed by atoms with Crippen LogP contribution < -0.4 is 16.4 Å². The van der Waals surface area contributed by atoms with Gasteiger partial charge in [0.1, 0.15) is 5.82 Å². The summed E-state index contributed by atoms with van der Waals surface area (Å²) in [5.74, 6) is 1.92. The fourth-order valence-corrected chi connectivity index (χ4v) is 3.03. The van der Waals surface area contributed by atoms with Gasteiger partial charge in [-0.15, -0.1) is 0 Å². The molecule has 0 aliphatic carbocycles. The number of rotatable bonds is 9. The zero-order chi connectivity index (χ0) is 19.8. The molecule has 6 nitrogen and oxygen atoms in total. The van der Waals surface area contributed by atoms with Crippen molar-refractivity contribution in [2.75, 3.05) is 18.4 Å². The van der Waals surface area contributed by atoms with Crippen LogP contribution in [0.3, 0.4) is 0 Å². The third-order valence-corrected chi connectivity index (χ3v) is 4.54. The number of nitrogens with one attached hydrogen (secondary N) is 3. The summed E-state index contributed by atoms with van der Waals surface area (Å²) in [5, 5.41) is 15.1. The first-order chi connectivity index (χ1) is 13.7. The van der Waals surface area contributed by atoms with Crippen LogP contribution in [-0.4, -0.2) is 29.3 Å². The van der Waals surface area contributed by atoms with Gasteiger partial charge in [-0.25, -0.2) is 9.97 Å². The summed E-state index contributed by atoms with van der Waals surface area (Å²) >= 11 is 6.34. The lowest BCUT2D eigenvalue weighted by Gasteiger charge is -2.12. The number of allylic oxidation sites excluding steroid dienone is 1. The SMILES string of the molecule is N=C/C=C(\N)NCCCCNc1nc(-c2ccccc2Cl)nc2ccccc12. The van der Waals surface area contributed by atoms with E-state index >= 15 is 0 Å². The van der Waals surface area contributed by atoms with E-state index in [4.69, 9.17) is 27.7 Å². The van der Waals surface area contributed by atoms with Crippen LogP contribution in [0.5, 0.6) is 0 Å². The van der Waals surface area contributed by atoms with E-state index in [0.29, 0.717) is 16.7 Å². The van der Waals surface area contributed by atoms with Crippen LogP contribution in [-0.2, 0) is 0 Å². The van der Waals surface area contributed by atoms with E-state index in [2.05, 4.69) is 15.6 Å². The monoisotopic (exact) mass is 394 g/mol. The average Bonchev–Trinajstić information content (AvgIpc) is 2.71. The highest BCUT2D eigenvalue weighted by molar-refractivity contribution is 6.33. The normalized spacial score (nSPS) is 11.4. The van der Waals surface area contributed by atoms with Crippen LogP contribution in [0.15, 0.2) is 60.4 Å². The van der Waals surface area contributed by atoms with E-state index in [0.717, 1.165) is 48.2 Å². The molecule has 0 aliphatic heterocycles. The van der Waals surface area contributed by atoms with Crippen molar-refractivity contribution < 1.29 is 0 Å². The molecule has 0 atom stereocenters. The lowest BCUT2D eigenvalue weighted by molar-refractivity contribution is 0.690. The Morgan fingerprint density at radius 2 is 1.79 bits per heavy atom. The van der Waals surface area contributed by atoms with Crippen LogP contribution >= 0.6 is 11.6 Å². The number of nitrogens with zero attached hydrogens (tertiary/aromatic N) is 2. The van der Waals surface area contributed by atoms with Crippen molar-refractivity contribution in [2.24, 2.45) is 5.73 Å². The summed E-state index contributed by atoms with van der Waals surface area (Å²) in [5.41, 5.74) is 7.38. The first-order valence-corrected chi connectivity index (χ1v) is 9.52. The lowest BCUT2D eigenvalue weighted by Crippen LogP contribution is -2.21. The van der Waals surface area contributed by atoms with Crippen LogP contribution in [0.1, 0.15) is 12.8 Å². The number of hydrogen-bond donors (Lipinski definition) is 4. The molecule has 3 rings (SSSR count). The Labute approximate surface area is 169 Å². The fraction of sp³-hybridized carbons (Fsp3) is 0.190. The van der Waals surface area contributed by atoms with Gasteiger partial charge in [0, 0.05) is 30.3 Å². The number of nitrogens with two attached hydrogens (primary N) is 1. The molecule has 5 N–H and O–H groups in total. The maximum Gasteiger partial charge on any atom is 0.163 e. The Morgan fingerprint density at radius 1 is 1.04 bits per heavy atom. The third kappa shape index (κ3) is 4.98. The van der Waals surface area contributed by atoms with Gasteiger partial charge in [-0.3, -0.25) is 0 Å². The predicted molar refractivity (Wildman–Crippen MR) is 117 cm³/mol. The molecule has 0 spiro atoms. The molecule has 2 aromatic carbocycles. The van der Waals surface area contributed by atoms with Crippen LogP contribution in [0.2, 0.25) is 5.02 Å². The molecule has 0 saturated carbocycles. The molecule has 0 saturated heterocycles. The predicted octanol–water partition coefficient (Wildman–Crippen LogP) is 4.18. The van der Waals surface area contributed by atoms with Crippen molar-refractivity contribution in [3.8, 4) is 11.4 Å². The number of benzene rings is 2. The van der Waals surface area contributed by atoms with Gasteiger partial charge in [0.05, 0.1) is 16.4 Å². The number of para-hydroxylation sites is 1. The molecule has 0 bridgehead atoms. The molecule has 3 aromatic rings. The van der Waals surface area contributed by atoms with Gasteiger partial charge >= 0.3 is 0 Å². The van der Waals surface area contributed by atoms with Crippen molar-refractivity contribution in [1.29, 1.82) is 5.41 Å². The molecule has 1 aromatic heterocycles. The number of aromatic nitrogens is 2. The highest BCUT2D eigenvalue weighted by Crippen LogP contribution is 2.29. The first-order valence-electron chi connectivity index (χ1n) is 9.14. The molecular weight excluding hydrogens is 372 g/mol. The van der Waals surface area contributed by atoms with Crippen molar-refractivity contribution >= 4 is 34.5 Å². The van der Waals surface area contributed by atoms with Crippen molar-refractivity contribution in [2.45, 2.75) is 12.8 Å². The third-order valence-electron chi connectivity index (χ3n) is 4.21. The summed E-state index contributed by atoms with van der Waals surface area (Å²) in [6.07, 6.45) is 4.59. The summed E-state index contributed by atoms with van der Waals surface area (Å²) in [4.78, 5) is 9.40. The second kappa shape index (κ2) is 9.71. The van der Waals surface area contributed by atoms with Gasteiger partial charge in [0.2, 0.25) is 0 Å². The van der Waals surface area contributed by atoms with Crippen LogP contribution in [0.4, 0.5) is 5.82 Å². The Balaban J connectivity index is 1.71. The zero-order valence-corrected chi connectivity index (χ0v) is 16.2. The van der Waals surface area contributed by atoms with E-state index in [9.17, 15) is 0 Å². The van der Waals surface area contributed by atoms with Gasteiger partial charge in [0.25, 0.3) is 0 Å². The minimum atomic E-state index is 0.508. The minimum absolute atomic E-state index is 0.508. The minimum Gasteiger partial charge on any atom is -0.385 e. The molecular formula is C21H23ClN6. The molecule has 0 radical (unpaired) electrons. The largest absolute Gasteiger partial charge is 0.385 e. The molecule has 28 heavy (non-hydrogen) atoms. The fourth-order valence-electron chi connectivity index (χ4n) is 2.81. The standard InChI is InChI=1S/C21H23ClN6/c22-17-9-3-1-7-15(17)21-27-18-10-4-2-8-16(18)20(28-21)26-14-6-5-13-25-19(24)11-12-23/h1-4,7-12,23,25H,5-6,13-14,24H2,(H,26,27,28)/b19-11+,23-12?. The van der Waals surface area contributed by atoms with E-state index in [1.165, 1.54) is 12.3 Å². The number of anilines is 1. The molecule has 0 amide bonds. The van der Waals surface area contributed by atoms with E-state index in [1.807, 2.05) is 48.5 Å². The summed E-state index contributed by atoms with van der Waals surface area (Å²) in [6, 6.07) is 15.5. The average molecular weight is 395 g/mol. The highest BCUT2D eigenvalue weighted by atomic mass is 35.5. The lowest BCUT2D eigenvalue weighted by atomic mass is 10.1. The summed E-state index contributed by atoms with van der Waals surface area (Å²) in [7, 11) is 0. The summed E-state index contributed by atoms with van der Waals surface area (Å²) in [6.45, 7) is 1.53. The van der Waals surface area contributed by atoms with Crippen LogP contribution in [0.25, 0.3) is 22.3 Å². The summed E-state index contributed by atoms with van der Waals surface area (Å²) < 4.78 is 0. The first kappa shape index (κ1) is 19.6. The molecule has 0 aliphatic rings. The van der Waals surface area contributed by atoms with Crippen molar-refractivity contribution in [3.05, 3.63) is 65.5 Å². The Hall–Kier alpha value is -3.12. The van der Waals surface area contributed by atoms with Gasteiger partial charge in [0.15, 0.2) is 5.82 Å². The zero-order valence-electron chi connectivity index (χ0n) is 15.5. The van der Waals surface area contributed by atoms with E-state index in [-0.39, 0.29) is 0 Å². The molecule has 7 heteroatoms. The smallest absolute Gasteiger partial charge is 0.163 e. The van der Waals surface area contributed by atoms with Crippen molar-refractivity contribution in [3.63, 3.8) is 0 Å². The quantitative estimate of drug-likeness (QED) is 0.322. The van der Waals surface area contributed by atoms with Crippen molar-refractivity contribution in [1.82, 2.24) is 15.3 Å². The number of fused-ring (bicyclic) bond motifs is 1. The Morgan fingerprint density at radius 3 is 2.61 bits per heavy atom. The second-order valence-electron chi connectivity index (χ2n) is 6.24. The van der Waals surface area contributed by atoms with Gasteiger partial charge in [-0.05, 0) is 43.2 Å². The second-order valence-corrected chi connectivity index (χ2v) is 6.65. The highest BCUT2D eigenvalue weighted by Gasteiger charge is 2.11. The molecule has 1 heterocycles. The Kier molecular flexibility index (Phi) is 6.81. The van der Waals surface area contributed by atoms with Gasteiger partial charge in [-0.2, -0.15) is 0 Å². The Bertz CT molecular complexity index is 986. The van der Waals surface area contributed by atoms with E-state index < -0.39 is 0 Å². The molecule has 144 valence electrons. The number of hydrogen-bond acceptors (Lipinski definition) is 6. The van der Waals surface area contributed by atoms with Gasteiger partial charge in [-0.1, -0.05) is 35.9 Å². The maximum absolute atomic E-state index is 6.98. The number of halogens is 1. The van der Waals surface area contributed by atoms with E-state index in [1.54, 1.807) is 0 Å². The molecule has 0 fully saturated rings. The maximum atomic E-state index is 6.98. The van der Waals surface area contributed by atoms with Gasteiger partial charge < -0.3 is 21.8 Å². The molecule has 0 unspecified atom stereocenters.